The maximum Gasteiger partial charge on any atom is 0.340 e. The molecule has 1 amide bonds. The molecule has 2 aromatic rings. The number of para-hydroxylation sites is 1. The minimum absolute atomic E-state index is 0.194. The van der Waals surface area contributed by atoms with Crippen molar-refractivity contribution in [2.24, 2.45) is 0 Å². The minimum Gasteiger partial charge on any atom is -0.462 e. The van der Waals surface area contributed by atoms with Crippen molar-refractivity contribution in [1.82, 2.24) is 0 Å². The number of rotatable bonds is 7. The van der Waals surface area contributed by atoms with Crippen molar-refractivity contribution in [1.29, 1.82) is 0 Å². The first-order valence-electron chi connectivity index (χ1n) is 7.76. The van der Waals surface area contributed by atoms with Gasteiger partial charge in [0.05, 0.1) is 22.9 Å². The molecule has 0 aliphatic heterocycles. The number of halogens is 2. The van der Waals surface area contributed by atoms with Crippen LogP contribution < -0.4 is 10.6 Å². The molecular weight excluding hydrogens is 363 g/mol. The van der Waals surface area contributed by atoms with Gasteiger partial charge >= 0.3 is 5.97 Å². The monoisotopic (exact) mass is 380 g/mol. The second-order valence-corrected chi connectivity index (χ2v) is 5.96. The van der Waals surface area contributed by atoms with Gasteiger partial charge in [-0.05, 0) is 37.3 Å². The molecule has 25 heavy (non-hydrogen) atoms. The topological polar surface area (TPSA) is 67.4 Å². The van der Waals surface area contributed by atoms with Gasteiger partial charge in [0.2, 0.25) is 5.91 Å². The Bertz CT molecular complexity index is 766. The number of amides is 1. The smallest absolute Gasteiger partial charge is 0.340 e. The van der Waals surface area contributed by atoms with Crippen LogP contribution in [-0.4, -0.2) is 25.0 Å². The first-order chi connectivity index (χ1) is 12.0. The molecule has 0 unspecified atom stereocenters. The van der Waals surface area contributed by atoms with Gasteiger partial charge in [0.25, 0.3) is 0 Å². The highest BCUT2D eigenvalue weighted by Gasteiger charge is 2.12. The van der Waals surface area contributed by atoms with Gasteiger partial charge in [0, 0.05) is 23.7 Å². The molecule has 2 aromatic carbocycles. The molecule has 0 aromatic heterocycles. The number of esters is 1. The van der Waals surface area contributed by atoms with E-state index in [0.717, 1.165) is 0 Å². The minimum atomic E-state index is -0.402. The van der Waals surface area contributed by atoms with Gasteiger partial charge in [-0.3, -0.25) is 4.79 Å². The third kappa shape index (κ3) is 5.66. The van der Waals surface area contributed by atoms with Crippen LogP contribution in [0.25, 0.3) is 0 Å². The molecule has 7 heteroatoms. The Labute approximate surface area is 156 Å². The summed E-state index contributed by atoms with van der Waals surface area (Å²) in [6.07, 6.45) is 0.194. The molecule has 0 fully saturated rings. The van der Waals surface area contributed by atoms with Gasteiger partial charge in [-0.2, -0.15) is 0 Å². The van der Waals surface area contributed by atoms with Crippen molar-refractivity contribution in [3.8, 4) is 0 Å². The summed E-state index contributed by atoms with van der Waals surface area (Å²) >= 11 is 11.9. The van der Waals surface area contributed by atoms with Crippen LogP contribution in [-0.2, 0) is 9.53 Å². The highest BCUT2D eigenvalue weighted by molar-refractivity contribution is 6.35. The molecule has 0 saturated heterocycles. The molecule has 0 bridgehead atoms. The van der Waals surface area contributed by atoms with E-state index in [2.05, 4.69) is 10.6 Å². The highest BCUT2D eigenvalue weighted by Crippen LogP contribution is 2.25. The molecule has 0 aliphatic rings. The third-order valence-corrected chi connectivity index (χ3v) is 3.86. The Morgan fingerprint density at radius 2 is 1.84 bits per heavy atom. The van der Waals surface area contributed by atoms with E-state index in [-0.39, 0.29) is 12.3 Å². The van der Waals surface area contributed by atoms with Crippen LogP contribution in [0.2, 0.25) is 10.0 Å². The molecule has 0 heterocycles. The summed E-state index contributed by atoms with van der Waals surface area (Å²) in [6.45, 7) is 2.40. The second-order valence-electron chi connectivity index (χ2n) is 5.12. The molecular formula is C18H18Cl2N2O3. The molecule has 2 rings (SSSR count). The second kappa shape index (κ2) is 9.30. The molecule has 132 valence electrons. The van der Waals surface area contributed by atoms with Crippen molar-refractivity contribution in [3.05, 3.63) is 58.1 Å². The average Bonchev–Trinajstić information content (AvgIpc) is 2.59. The molecule has 5 nitrogen and oxygen atoms in total. The maximum atomic E-state index is 12.0. The van der Waals surface area contributed by atoms with Crippen molar-refractivity contribution >= 4 is 46.5 Å². The number of ether oxygens (including phenoxy) is 1. The number of benzene rings is 2. The van der Waals surface area contributed by atoms with Crippen LogP contribution in [0.3, 0.4) is 0 Å². The predicted octanol–water partition coefficient (Wildman–Crippen LogP) is 4.61. The molecule has 0 aliphatic carbocycles. The molecule has 0 saturated carbocycles. The third-order valence-electron chi connectivity index (χ3n) is 3.29. The Balaban J connectivity index is 1.91. The van der Waals surface area contributed by atoms with Crippen LogP contribution in [0, 0.1) is 0 Å². The zero-order valence-corrected chi connectivity index (χ0v) is 15.2. The van der Waals surface area contributed by atoms with Crippen LogP contribution >= 0.6 is 23.2 Å². The number of nitrogens with one attached hydrogen (secondary N) is 2. The quantitative estimate of drug-likeness (QED) is 0.688. The molecule has 0 spiro atoms. The van der Waals surface area contributed by atoms with E-state index in [4.69, 9.17) is 27.9 Å². The lowest BCUT2D eigenvalue weighted by atomic mass is 10.1. The maximum absolute atomic E-state index is 12.0. The number of hydrogen-bond donors (Lipinski definition) is 2. The van der Waals surface area contributed by atoms with Crippen LogP contribution in [0.15, 0.2) is 42.5 Å². The summed E-state index contributed by atoms with van der Waals surface area (Å²) in [7, 11) is 0. The average molecular weight is 381 g/mol. The predicted molar refractivity (Wildman–Crippen MR) is 101 cm³/mol. The standard InChI is InChI=1S/C18H18Cl2N2O3/c1-2-25-18(24)13-5-3-4-6-15(13)21-10-9-17(23)22-16-11-12(19)7-8-14(16)20/h3-8,11,21H,2,9-10H2,1H3,(H,22,23). The van der Waals surface area contributed by atoms with E-state index in [1.165, 1.54) is 0 Å². The van der Waals surface area contributed by atoms with E-state index in [9.17, 15) is 9.59 Å². The fraction of sp³-hybridized carbons (Fsp3) is 0.222. The van der Waals surface area contributed by atoms with Gasteiger partial charge < -0.3 is 15.4 Å². The Morgan fingerprint density at radius 1 is 1.08 bits per heavy atom. The van der Waals surface area contributed by atoms with Crippen molar-refractivity contribution in [2.45, 2.75) is 13.3 Å². The van der Waals surface area contributed by atoms with E-state index in [0.29, 0.717) is 40.1 Å². The summed E-state index contributed by atoms with van der Waals surface area (Å²) in [4.78, 5) is 23.9. The van der Waals surface area contributed by atoms with Gasteiger partial charge in [-0.15, -0.1) is 0 Å². The Kier molecular flexibility index (Phi) is 7.10. The van der Waals surface area contributed by atoms with Gasteiger partial charge in [-0.1, -0.05) is 35.3 Å². The lowest BCUT2D eigenvalue weighted by Gasteiger charge is -2.12. The van der Waals surface area contributed by atoms with Crippen molar-refractivity contribution < 1.29 is 14.3 Å². The Morgan fingerprint density at radius 3 is 2.60 bits per heavy atom. The SMILES string of the molecule is CCOC(=O)c1ccccc1NCCC(=O)Nc1cc(Cl)ccc1Cl. The van der Waals surface area contributed by atoms with Crippen LogP contribution in [0.5, 0.6) is 0 Å². The summed E-state index contributed by atoms with van der Waals surface area (Å²) in [5, 5.41) is 6.68. The summed E-state index contributed by atoms with van der Waals surface area (Å²) < 4.78 is 5.01. The normalized spacial score (nSPS) is 10.2. The van der Waals surface area contributed by atoms with E-state index in [1.54, 1.807) is 49.4 Å². The Hall–Kier alpha value is -2.24. The lowest BCUT2D eigenvalue weighted by molar-refractivity contribution is -0.115. The zero-order chi connectivity index (χ0) is 18.2. The molecule has 0 atom stereocenters. The largest absolute Gasteiger partial charge is 0.462 e. The number of carbonyl (C=O) groups excluding carboxylic acids is 2. The van der Waals surface area contributed by atoms with Gasteiger partial charge in [-0.25, -0.2) is 4.79 Å². The van der Waals surface area contributed by atoms with E-state index >= 15 is 0 Å². The highest BCUT2D eigenvalue weighted by atomic mass is 35.5. The van der Waals surface area contributed by atoms with Crippen molar-refractivity contribution in [3.63, 3.8) is 0 Å². The van der Waals surface area contributed by atoms with Crippen LogP contribution in [0.1, 0.15) is 23.7 Å². The fourth-order valence-corrected chi connectivity index (χ4v) is 2.48. The van der Waals surface area contributed by atoms with E-state index in [1.807, 2.05) is 0 Å². The summed E-state index contributed by atoms with van der Waals surface area (Å²) in [6, 6.07) is 11.8. The first-order valence-corrected chi connectivity index (χ1v) is 8.51. The number of carbonyl (C=O) groups is 2. The van der Waals surface area contributed by atoms with Gasteiger partial charge in [0.1, 0.15) is 0 Å². The number of hydrogen-bond acceptors (Lipinski definition) is 4. The summed E-state index contributed by atoms with van der Waals surface area (Å²) in [5.74, 6) is -0.619. The fourth-order valence-electron chi connectivity index (χ4n) is 2.14. The molecule has 2 N–H and O–H groups in total. The molecule has 0 radical (unpaired) electrons. The van der Waals surface area contributed by atoms with Crippen molar-refractivity contribution in [2.75, 3.05) is 23.8 Å². The van der Waals surface area contributed by atoms with Crippen LogP contribution in [0.4, 0.5) is 11.4 Å². The zero-order valence-electron chi connectivity index (χ0n) is 13.6. The summed E-state index contributed by atoms with van der Waals surface area (Å²) in [5.41, 5.74) is 1.52. The number of anilines is 2. The van der Waals surface area contributed by atoms with Gasteiger partial charge in [0.15, 0.2) is 0 Å². The lowest BCUT2D eigenvalue weighted by Crippen LogP contribution is -2.17. The van der Waals surface area contributed by atoms with E-state index < -0.39 is 5.97 Å². The first kappa shape index (κ1) is 19.1.